The Balaban J connectivity index is 0.00000144. The van der Waals surface area contributed by atoms with Gasteiger partial charge < -0.3 is 19.5 Å². The Labute approximate surface area is 141 Å². The van der Waals surface area contributed by atoms with Crippen LogP contribution in [-0.2, 0) is 12.0 Å². The van der Waals surface area contributed by atoms with Gasteiger partial charge in [0.25, 0.3) is 0 Å². The van der Waals surface area contributed by atoms with Crippen LogP contribution in [-0.4, -0.2) is 42.9 Å². The standard InChI is InChI=1S/C17H21NO3.BrH/c1-18-8-7-17-6-5-12(19)9-14(17)21-16-13(20-2)4-3-11(10-18)15(16)17;/h3-6,12,14,19H,7-10H2,1-2H3;1H/t12-,14?,17-;/m1./s1. The third-order valence-corrected chi connectivity index (χ3v) is 5.15. The summed E-state index contributed by atoms with van der Waals surface area (Å²) in [6.07, 6.45) is 5.38. The number of hydrogen-bond donors (Lipinski definition) is 1. The molecule has 1 aromatic carbocycles. The maximum Gasteiger partial charge on any atom is 0.166 e. The summed E-state index contributed by atoms with van der Waals surface area (Å²) in [7, 11) is 3.84. The SMILES string of the molecule is Br.COc1ccc2c3c1OC1C[C@H](O)C=C[C@]31CCN(C)C2. The van der Waals surface area contributed by atoms with Gasteiger partial charge in [-0.05, 0) is 31.6 Å². The second-order valence-electron chi connectivity index (χ2n) is 6.43. The summed E-state index contributed by atoms with van der Waals surface area (Å²) in [6, 6.07) is 4.16. The minimum absolute atomic E-state index is 0. The zero-order chi connectivity index (χ0) is 14.6. The first-order valence-electron chi connectivity index (χ1n) is 7.57. The highest BCUT2D eigenvalue weighted by molar-refractivity contribution is 8.93. The molecule has 1 spiro atoms. The van der Waals surface area contributed by atoms with Crippen LogP contribution in [0.15, 0.2) is 24.3 Å². The number of ether oxygens (including phenoxy) is 2. The zero-order valence-corrected chi connectivity index (χ0v) is 14.6. The summed E-state index contributed by atoms with van der Waals surface area (Å²) in [5.41, 5.74) is 2.48. The number of aliphatic hydroxyl groups excluding tert-OH is 1. The van der Waals surface area contributed by atoms with Crippen LogP contribution in [0.2, 0.25) is 0 Å². The average Bonchev–Trinajstić information content (AvgIpc) is 2.72. The molecule has 4 nitrogen and oxygen atoms in total. The molecule has 22 heavy (non-hydrogen) atoms. The monoisotopic (exact) mass is 367 g/mol. The van der Waals surface area contributed by atoms with Crippen LogP contribution >= 0.6 is 17.0 Å². The number of halogens is 1. The molecule has 3 aliphatic rings. The molecule has 1 unspecified atom stereocenters. The third-order valence-electron chi connectivity index (χ3n) is 5.15. The molecule has 2 heterocycles. The van der Waals surface area contributed by atoms with Gasteiger partial charge in [-0.3, -0.25) is 0 Å². The van der Waals surface area contributed by atoms with Crippen LogP contribution in [0.4, 0.5) is 0 Å². The van der Waals surface area contributed by atoms with Crippen molar-refractivity contribution in [3.63, 3.8) is 0 Å². The van der Waals surface area contributed by atoms with Crippen molar-refractivity contribution < 1.29 is 14.6 Å². The molecular weight excluding hydrogens is 346 g/mol. The van der Waals surface area contributed by atoms with Crippen LogP contribution < -0.4 is 9.47 Å². The second kappa shape index (κ2) is 5.55. The molecule has 0 aromatic heterocycles. The number of nitrogens with zero attached hydrogens (tertiary/aromatic N) is 1. The minimum Gasteiger partial charge on any atom is -0.493 e. The maximum atomic E-state index is 9.97. The molecule has 1 aliphatic carbocycles. The third kappa shape index (κ3) is 2.10. The maximum absolute atomic E-state index is 9.97. The molecule has 3 atom stereocenters. The number of hydrogen-bond acceptors (Lipinski definition) is 4. The van der Waals surface area contributed by atoms with E-state index in [1.165, 1.54) is 11.1 Å². The molecule has 5 heteroatoms. The van der Waals surface area contributed by atoms with Crippen LogP contribution in [0.25, 0.3) is 0 Å². The highest BCUT2D eigenvalue weighted by Crippen LogP contribution is 2.55. The van der Waals surface area contributed by atoms with E-state index in [2.05, 4.69) is 24.1 Å². The molecular formula is C17H22BrNO3. The largest absolute Gasteiger partial charge is 0.493 e. The van der Waals surface area contributed by atoms with Gasteiger partial charge in [0.15, 0.2) is 11.5 Å². The molecule has 2 aliphatic heterocycles. The normalized spacial score (nSPS) is 32.3. The first-order chi connectivity index (χ1) is 10.1. The minimum atomic E-state index is -0.412. The molecule has 1 aromatic rings. The van der Waals surface area contributed by atoms with Crippen LogP contribution in [0.3, 0.4) is 0 Å². The molecule has 120 valence electrons. The fourth-order valence-electron chi connectivity index (χ4n) is 4.08. The lowest BCUT2D eigenvalue weighted by atomic mass is 9.69. The second-order valence-corrected chi connectivity index (χ2v) is 6.43. The van der Waals surface area contributed by atoms with Gasteiger partial charge in [0.05, 0.1) is 18.6 Å². The molecule has 1 N–H and O–H groups in total. The zero-order valence-electron chi connectivity index (χ0n) is 12.9. The van der Waals surface area contributed by atoms with Gasteiger partial charge in [0, 0.05) is 18.5 Å². The molecule has 0 saturated carbocycles. The fraction of sp³-hybridized carbons (Fsp3) is 0.529. The first-order valence-corrected chi connectivity index (χ1v) is 7.57. The van der Waals surface area contributed by atoms with E-state index in [1.54, 1.807) is 7.11 Å². The van der Waals surface area contributed by atoms with Gasteiger partial charge in [-0.15, -0.1) is 17.0 Å². The summed E-state index contributed by atoms with van der Waals surface area (Å²) in [4.78, 5) is 2.35. The Kier molecular flexibility index (Phi) is 4.00. The number of rotatable bonds is 1. The molecule has 0 amide bonds. The Bertz CT molecular complexity index is 618. The first kappa shape index (κ1) is 15.8. The topological polar surface area (TPSA) is 41.9 Å². The fourth-order valence-corrected chi connectivity index (χ4v) is 4.08. The van der Waals surface area contributed by atoms with Gasteiger partial charge in [0.2, 0.25) is 0 Å². The van der Waals surface area contributed by atoms with Crippen molar-refractivity contribution in [3.05, 3.63) is 35.4 Å². The van der Waals surface area contributed by atoms with Crippen molar-refractivity contribution in [3.8, 4) is 11.5 Å². The predicted octanol–water partition coefficient (Wildman–Crippen LogP) is 2.43. The summed E-state index contributed by atoms with van der Waals surface area (Å²) in [6.45, 7) is 1.96. The number of benzene rings is 1. The quantitative estimate of drug-likeness (QED) is 0.774. The van der Waals surface area contributed by atoms with Crippen LogP contribution in [0.1, 0.15) is 24.0 Å². The Hall–Kier alpha value is -1.04. The molecule has 0 fully saturated rings. The van der Waals surface area contributed by atoms with Crippen molar-refractivity contribution in [1.29, 1.82) is 0 Å². The number of aliphatic hydroxyl groups is 1. The van der Waals surface area contributed by atoms with Crippen molar-refractivity contribution in [2.45, 2.75) is 37.0 Å². The van der Waals surface area contributed by atoms with E-state index in [1.807, 2.05) is 12.1 Å². The van der Waals surface area contributed by atoms with E-state index in [9.17, 15) is 5.11 Å². The Morgan fingerprint density at radius 3 is 3.00 bits per heavy atom. The van der Waals surface area contributed by atoms with Gasteiger partial charge >= 0.3 is 0 Å². The summed E-state index contributed by atoms with van der Waals surface area (Å²) < 4.78 is 11.8. The highest BCUT2D eigenvalue weighted by atomic mass is 79.9. The summed E-state index contributed by atoms with van der Waals surface area (Å²) >= 11 is 0. The molecule has 0 radical (unpaired) electrons. The van der Waals surface area contributed by atoms with Gasteiger partial charge in [0.1, 0.15) is 6.10 Å². The van der Waals surface area contributed by atoms with Crippen molar-refractivity contribution in [2.75, 3.05) is 20.7 Å². The lowest BCUT2D eigenvalue weighted by molar-refractivity contribution is 0.0821. The lowest BCUT2D eigenvalue weighted by Gasteiger charge is -2.35. The Morgan fingerprint density at radius 1 is 1.41 bits per heavy atom. The van der Waals surface area contributed by atoms with E-state index in [0.29, 0.717) is 6.42 Å². The van der Waals surface area contributed by atoms with Crippen LogP contribution in [0.5, 0.6) is 11.5 Å². The van der Waals surface area contributed by atoms with Crippen molar-refractivity contribution in [1.82, 2.24) is 4.90 Å². The van der Waals surface area contributed by atoms with E-state index in [4.69, 9.17) is 9.47 Å². The predicted molar refractivity (Wildman–Crippen MR) is 90.1 cm³/mol. The molecule has 0 saturated heterocycles. The van der Waals surface area contributed by atoms with E-state index in [0.717, 1.165) is 31.0 Å². The summed E-state index contributed by atoms with van der Waals surface area (Å²) in [5.74, 6) is 1.68. The van der Waals surface area contributed by atoms with Gasteiger partial charge in [-0.1, -0.05) is 18.2 Å². The summed E-state index contributed by atoms with van der Waals surface area (Å²) in [5, 5.41) is 9.97. The molecule has 0 bridgehead atoms. The highest BCUT2D eigenvalue weighted by Gasteiger charge is 2.52. The van der Waals surface area contributed by atoms with E-state index < -0.39 is 6.10 Å². The van der Waals surface area contributed by atoms with Gasteiger partial charge in [-0.2, -0.15) is 0 Å². The molecule has 4 rings (SSSR count). The number of methoxy groups -OCH3 is 1. The van der Waals surface area contributed by atoms with E-state index >= 15 is 0 Å². The lowest BCUT2D eigenvalue weighted by Crippen LogP contribution is -2.42. The van der Waals surface area contributed by atoms with Crippen molar-refractivity contribution >= 4 is 17.0 Å². The van der Waals surface area contributed by atoms with Crippen molar-refractivity contribution in [2.24, 2.45) is 0 Å². The smallest absolute Gasteiger partial charge is 0.166 e. The van der Waals surface area contributed by atoms with Crippen LogP contribution in [0, 0.1) is 0 Å². The van der Waals surface area contributed by atoms with E-state index in [-0.39, 0.29) is 28.5 Å². The Morgan fingerprint density at radius 2 is 2.23 bits per heavy atom. The average molecular weight is 368 g/mol. The van der Waals surface area contributed by atoms with Gasteiger partial charge in [-0.25, -0.2) is 0 Å².